The van der Waals surface area contributed by atoms with Crippen LogP contribution in [0.25, 0.3) is 0 Å². The first-order chi connectivity index (χ1) is 16.6. The van der Waals surface area contributed by atoms with Gasteiger partial charge in [-0.3, -0.25) is 4.98 Å². The van der Waals surface area contributed by atoms with Gasteiger partial charge in [0.25, 0.3) is 0 Å². The van der Waals surface area contributed by atoms with E-state index in [1.54, 1.807) is 60.8 Å². The average molecular weight is 497 g/mol. The Morgan fingerprint density at radius 2 is 1.43 bits per heavy atom. The molecule has 0 fully saturated rings. The van der Waals surface area contributed by atoms with Crippen molar-refractivity contribution in [1.29, 1.82) is 0 Å². The van der Waals surface area contributed by atoms with Crippen LogP contribution in [0.2, 0.25) is 0 Å². The molecule has 0 amide bonds. The smallest absolute Gasteiger partial charge is 0.259 e. The average Bonchev–Trinajstić information content (AvgIpc) is 2.85. The highest BCUT2D eigenvalue weighted by Crippen LogP contribution is 2.38. The van der Waals surface area contributed by atoms with E-state index in [0.717, 1.165) is 23.3 Å². The summed E-state index contributed by atoms with van der Waals surface area (Å²) in [5.41, 5.74) is -0.526. The summed E-state index contributed by atoms with van der Waals surface area (Å²) < 4.78 is 71.0. The zero-order valence-corrected chi connectivity index (χ0v) is 19.6. The maximum absolute atomic E-state index is 13.7. The van der Waals surface area contributed by atoms with Crippen molar-refractivity contribution in [3.05, 3.63) is 131 Å². The summed E-state index contributed by atoms with van der Waals surface area (Å²) in [6.07, 6.45) is -3.00. The molecule has 8 heteroatoms. The maximum Gasteiger partial charge on any atom is 0.416 e. The third kappa shape index (κ3) is 5.44. The number of nitrogens with zero attached hydrogens (tertiary/aromatic N) is 1. The van der Waals surface area contributed by atoms with Gasteiger partial charge in [-0.1, -0.05) is 66.7 Å². The van der Waals surface area contributed by atoms with Crippen molar-refractivity contribution >= 4 is 10.0 Å². The van der Waals surface area contributed by atoms with Crippen LogP contribution in [-0.4, -0.2) is 13.4 Å². The van der Waals surface area contributed by atoms with Crippen molar-refractivity contribution in [3.63, 3.8) is 0 Å². The molecule has 180 valence electrons. The molecule has 0 spiro atoms. The summed E-state index contributed by atoms with van der Waals surface area (Å²) in [6, 6.07) is 24.8. The van der Waals surface area contributed by atoms with Gasteiger partial charge in [0.15, 0.2) is 0 Å². The fourth-order valence-corrected chi connectivity index (χ4v) is 5.35. The molecule has 4 aromatic rings. The molecular formula is C27H23F3N2O2S. The summed E-state index contributed by atoms with van der Waals surface area (Å²) >= 11 is 0. The first kappa shape index (κ1) is 24.6. The molecule has 1 atom stereocenters. The van der Waals surface area contributed by atoms with Crippen LogP contribution in [0, 0.1) is 6.92 Å². The minimum Gasteiger partial charge on any atom is -0.259 e. The Bertz CT molecular complexity index is 1390. The molecule has 0 radical (unpaired) electrons. The molecule has 0 saturated heterocycles. The molecule has 4 nitrogen and oxygen atoms in total. The zero-order chi connectivity index (χ0) is 25.1. The fraction of sp³-hybridized carbons (Fsp3) is 0.148. The number of benzene rings is 3. The van der Waals surface area contributed by atoms with Crippen LogP contribution < -0.4 is 4.72 Å². The second-order valence-corrected chi connectivity index (χ2v) is 9.97. The number of hydrogen-bond donors (Lipinski definition) is 1. The summed E-state index contributed by atoms with van der Waals surface area (Å²) in [7, 11) is -4.16. The Hall–Kier alpha value is -3.49. The van der Waals surface area contributed by atoms with Crippen LogP contribution in [0.4, 0.5) is 13.2 Å². The standard InChI is InChI=1S/C27H23F3N2O2S/c1-20-15-16-25(31-19-20)26(18-21-9-4-2-5-10-21,22-11-8-12-23(17-22)27(28,29)30)32-35(33,34)24-13-6-3-7-14-24/h2-17,19,32H,18H2,1H3. The summed E-state index contributed by atoms with van der Waals surface area (Å²) in [5, 5.41) is 0. The molecule has 35 heavy (non-hydrogen) atoms. The second kappa shape index (κ2) is 9.64. The van der Waals surface area contributed by atoms with E-state index in [1.165, 1.54) is 24.3 Å². The number of alkyl halides is 3. The number of nitrogens with one attached hydrogen (secondary N) is 1. The SMILES string of the molecule is Cc1ccc(C(Cc2ccccc2)(NS(=O)(=O)c2ccccc2)c2cccc(C(F)(F)F)c2)nc1. The Labute approximate surface area is 202 Å². The van der Waals surface area contributed by atoms with Crippen LogP contribution in [0.3, 0.4) is 0 Å². The van der Waals surface area contributed by atoms with E-state index in [9.17, 15) is 21.6 Å². The molecule has 1 heterocycles. The molecule has 4 rings (SSSR count). The maximum atomic E-state index is 13.7. The van der Waals surface area contributed by atoms with Gasteiger partial charge in [-0.15, -0.1) is 0 Å². The van der Waals surface area contributed by atoms with E-state index in [1.807, 2.05) is 13.0 Å². The monoisotopic (exact) mass is 496 g/mol. The Kier molecular flexibility index (Phi) is 6.78. The number of sulfonamides is 1. The highest BCUT2D eigenvalue weighted by atomic mass is 32.2. The van der Waals surface area contributed by atoms with Gasteiger partial charge in [-0.25, -0.2) is 8.42 Å². The minimum atomic E-state index is -4.60. The van der Waals surface area contributed by atoms with Crippen molar-refractivity contribution in [2.45, 2.75) is 30.0 Å². The van der Waals surface area contributed by atoms with Crippen LogP contribution in [0.1, 0.15) is 27.9 Å². The van der Waals surface area contributed by atoms with Gasteiger partial charge >= 0.3 is 6.18 Å². The minimum absolute atomic E-state index is 0.00322. The number of pyridine rings is 1. The normalized spacial score (nSPS) is 13.8. The van der Waals surface area contributed by atoms with Gasteiger partial charge in [0.1, 0.15) is 5.54 Å². The van der Waals surface area contributed by atoms with Crippen LogP contribution in [0.15, 0.2) is 108 Å². The van der Waals surface area contributed by atoms with Crippen molar-refractivity contribution in [3.8, 4) is 0 Å². The third-order valence-electron chi connectivity index (χ3n) is 5.71. The predicted molar refractivity (Wildman–Crippen MR) is 128 cm³/mol. The quantitative estimate of drug-likeness (QED) is 0.348. The Balaban J connectivity index is 2.00. The number of aromatic nitrogens is 1. The molecule has 0 aliphatic rings. The molecule has 0 aliphatic carbocycles. The molecule has 1 aromatic heterocycles. The largest absolute Gasteiger partial charge is 0.416 e. The van der Waals surface area contributed by atoms with E-state index in [-0.39, 0.29) is 22.6 Å². The van der Waals surface area contributed by atoms with Gasteiger partial charge < -0.3 is 0 Å². The van der Waals surface area contributed by atoms with E-state index in [4.69, 9.17) is 0 Å². The highest BCUT2D eigenvalue weighted by molar-refractivity contribution is 7.89. The van der Waals surface area contributed by atoms with Crippen molar-refractivity contribution in [2.24, 2.45) is 0 Å². The lowest BCUT2D eigenvalue weighted by Crippen LogP contribution is -2.49. The number of aryl methyl sites for hydroxylation is 1. The molecule has 0 saturated carbocycles. The van der Waals surface area contributed by atoms with Gasteiger partial charge in [0.05, 0.1) is 16.2 Å². The lowest BCUT2D eigenvalue weighted by molar-refractivity contribution is -0.137. The van der Waals surface area contributed by atoms with Crippen molar-refractivity contribution < 1.29 is 21.6 Å². The van der Waals surface area contributed by atoms with Crippen LogP contribution in [0.5, 0.6) is 0 Å². The Morgan fingerprint density at radius 3 is 2.03 bits per heavy atom. The van der Waals surface area contributed by atoms with Crippen LogP contribution in [-0.2, 0) is 28.2 Å². The topological polar surface area (TPSA) is 59.1 Å². The zero-order valence-electron chi connectivity index (χ0n) is 18.8. The van der Waals surface area contributed by atoms with E-state index in [0.29, 0.717) is 0 Å². The Morgan fingerprint density at radius 1 is 0.800 bits per heavy atom. The molecule has 0 aliphatic heterocycles. The van der Waals surface area contributed by atoms with E-state index < -0.39 is 27.3 Å². The van der Waals surface area contributed by atoms with Gasteiger partial charge in [0, 0.05) is 12.6 Å². The lowest BCUT2D eigenvalue weighted by atomic mass is 9.81. The van der Waals surface area contributed by atoms with Crippen molar-refractivity contribution in [2.75, 3.05) is 0 Å². The molecule has 0 bridgehead atoms. The molecule has 3 aromatic carbocycles. The number of rotatable bonds is 7. The van der Waals surface area contributed by atoms with Crippen molar-refractivity contribution in [1.82, 2.24) is 9.71 Å². The third-order valence-corrected chi connectivity index (χ3v) is 7.22. The molecule has 1 unspecified atom stereocenters. The highest BCUT2D eigenvalue weighted by Gasteiger charge is 2.42. The van der Waals surface area contributed by atoms with Gasteiger partial charge in [-0.05, 0) is 53.9 Å². The van der Waals surface area contributed by atoms with Gasteiger partial charge in [0.2, 0.25) is 10.0 Å². The van der Waals surface area contributed by atoms with Gasteiger partial charge in [-0.2, -0.15) is 17.9 Å². The summed E-state index contributed by atoms with van der Waals surface area (Å²) in [5.74, 6) is 0. The number of halogens is 3. The summed E-state index contributed by atoms with van der Waals surface area (Å²) in [4.78, 5) is 4.48. The second-order valence-electron chi connectivity index (χ2n) is 8.29. The van der Waals surface area contributed by atoms with E-state index in [2.05, 4.69) is 9.71 Å². The number of hydrogen-bond acceptors (Lipinski definition) is 3. The van der Waals surface area contributed by atoms with Crippen LogP contribution >= 0.6 is 0 Å². The first-order valence-corrected chi connectivity index (χ1v) is 12.3. The molecule has 1 N–H and O–H groups in total. The van der Waals surface area contributed by atoms with E-state index >= 15 is 0 Å². The summed E-state index contributed by atoms with van der Waals surface area (Å²) in [6.45, 7) is 1.83. The lowest BCUT2D eigenvalue weighted by Gasteiger charge is -2.35. The fourth-order valence-electron chi connectivity index (χ4n) is 3.96. The first-order valence-electron chi connectivity index (χ1n) is 10.8. The molecular weight excluding hydrogens is 473 g/mol. The predicted octanol–water partition coefficient (Wildman–Crippen LogP) is 5.87.